The lowest BCUT2D eigenvalue weighted by Gasteiger charge is -2.30. The minimum Gasteiger partial charge on any atom is -0.278 e. The fraction of sp³-hybridized carbons (Fsp3) is 0.167. The minimum absolute atomic E-state index is 0.141. The number of benzene rings is 3. The fourth-order valence-electron chi connectivity index (χ4n) is 4.94. The molecular weight excluding hydrogens is 564 g/mol. The van der Waals surface area contributed by atoms with Crippen molar-refractivity contribution in [3.8, 4) is 0 Å². The van der Waals surface area contributed by atoms with E-state index in [4.69, 9.17) is 16.6 Å². The summed E-state index contributed by atoms with van der Waals surface area (Å²) >= 11 is 7.65. The van der Waals surface area contributed by atoms with E-state index < -0.39 is 10.0 Å². The molecule has 10 heteroatoms. The molecule has 0 spiro atoms. The molecule has 1 aliphatic rings. The zero-order valence-electron chi connectivity index (χ0n) is 21.6. The lowest BCUT2D eigenvalue weighted by Crippen LogP contribution is -2.35. The van der Waals surface area contributed by atoms with Crippen LogP contribution in [0.5, 0.6) is 0 Å². The van der Waals surface area contributed by atoms with Gasteiger partial charge in [-0.1, -0.05) is 47.2 Å². The Bertz CT molecular complexity index is 1820. The van der Waals surface area contributed by atoms with Crippen LogP contribution in [0.3, 0.4) is 0 Å². The smallest absolute Gasteiger partial charge is 0.264 e. The first-order valence-corrected chi connectivity index (χ1v) is 15.4. The Morgan fingerprint density at radius 1 is 1.05 bits per heavy atom. The van der Waals surface area contributed by atoms with Gasteiger partial charge in [-0.05, 0) is 85.5 Å². The number of para-hydroxylation sites is 1. The van der Waals surface area contributed by atoms with Crippen LogP contribution in [0.1, 0.15) is 33.6 Å². The lowest BCUT2D eigenvalue weighted by molar-refractivity contribution is 0.0984. The summed E-state index contributed by atoms with van der Waals surface area (Å²) in [7, 11) is -3.79. The third-order valence-corrected chi connectivity index (χ3v) is 9.99. The monoisotopic (exact) mass is 588 g/mol. The van der Waals surface area contributed by atoms with Crippen LogP contribution in [0, 0.1) is 6.92 Å². The number of pyridine rings is 1. The number of rotatable bonds is 6. The summed E-state index contributed by atoms with van der Waals surface area (Å²) in [6, 6.07) is 22.9. The molecule has 2 aromatic heterocycles. The summed E-state index contributed by atoms with van der Waals surface area (Å²) in [5.41, 5.74) is 4.48. The predicted octanol–water partition coefficient (Wildman–Crippen LogP) is 6.64. The number of aromatic nitrogens is 2. The molecule has 0 fully saturated rings. The Hall–Kier alpha value is -3.79. The quantitative estimate of drug-likeness (QED) is 0.222. The lowest BCUT2D eigenvalue weighted by atomic mass is 10.0. The van der Waals surface area contributed by atoms with Gasteiger partial charge in [0.1, 0.15) is 0 Å². The van der Waals surface area contributed by atoms with Crippen molar-refractivity contribution in [1.29, 1.82) is 0 Å². The van der Waals surface area contributed by atoms with E-state index in [9.17, 15) is 13.2 Å². The third-order valence-electron chi connectivity index (χ3n) is 6.92. The maximum atomic E-state index is 13.9. The molecule has 0 radical (unpaired) electrons. The molecule has 7 nitrogen and oxygen atoms in total. The molecule has 202 valence electrons. The maximum Gasteiger partial charge on any atom is 0.264 e. The zero-order valence-corrected chi connectivity index (χ0v) is 24.0. The third kappa shape index (κ3) is 4.96. The van der Waals surface area contributed by atoms with Gasteiger partial charge in [-0.2, -0.15) is 0 Å². The van der Waals surface area contributed by atoms with E-state index in [1.807, 2.05) is 61.5 Å². The van der Waals surface area contributed by atoms with Crippen LogP contribution in [0.25, 0.3) is 10.2 Å². The van der Waals surface area contributed by atoms with Gasteiger partial charge in [-0.3, -0.25) is 19.0 Å². The summed E-state index contributed by atoms with van der Waals surface area (Å²) < 4.78 is 29.5. The summed E-state index contributed by atoms with van der Waals surface area (Å²) in [5, 5.41) is 1.12. The van der Waals surface area contributed by atoms with Gasteiger partial charge in [0.05, 0.1) is 33.0 Å². The molecule has 0 saturated carbocycles. The Kier molecular flexibility index (Phi) is 7.04. The molecule has 40 heavy (non-hydrogen) atoms. The first-order chi connectivity index (χ1) is 19.3. The first kappa shape index (κ1) is 26.4. The second-order valence-electron chi connectivity index (χ2n) is 9.61. The van der Waals surface area contributed by atoms with Gasteiger partial charge in [-0.25, -0.2) is 13.4 Å². The van der Waals surface area contributed by atoms with Crippen LogP contribution in [0.4, 0.5) is 10.8 Å². The Balaban J connectivity index is 1.34. The molecular formula is C30H25ClN4O3S2. The molecule has 0 unspecified atom stereocenters. The van der Waals surface area contributed by atoms with Gasteiger partial charge in [0, 0.05) is 23.3 Å². The molecule has 0 saturated heterocycles. The van der Waals surface area contributed by atoms with Gasteiger partial charge in [0.15, 0.2) is 5.13 Å². The molecule has 1 aliphatic heterocycles. The number of thiazole rings is 1. The van der Waals surface area contributed by atoms with E-state index in [0.717, 1.165) is 34.2 Å². The highest BCUT2D eigenvalue weighted by Gasteiger charge is 2.30. The highest BCUT2D eigenvalue weighted by molar-refractivity contribution is 7.92. The molecule has 6 rings (SSSR count). The van der Waals surface area contributed by atoms with E-state index in [0.29, 0.717) is 33.6 Å². The topological polar surface area (TPSA) is 83.5 Å². The second kappa shape index (κ2) is 10.6. The van der Waals surface area contributed by atoms with Crippen molar-refractivity contribution in [2.75, 3.05) is 15.7 Å². The van der Waals surface area contributed by atoms with Crippen LogP contribution in [-0.2, 0) is 23.0 Å². The second-order valence-corrected chi connectivity index (χ2v) is 12.9. The number of hydrogen-bond donors (Lipinski definition) is 0. The van der Waals surface area contributed by atoms with Crippen molar-refractivity contribution in [2.45, 2.75) is 31.2 Å². The van der Waals surface area contributed by atoms with Crippen LogP contribution in [0.2, 0.25) is 5.02 Å². The van der Waals surface area contributed by atoms with E-state index in [1.165, 1.54) is 27.8 Å². The average molecular weight is 589 g/mol. The Morgan fingerprint density at radius 3 is 2.60 bits per heavy atom. The highest BCUT2D eigenvalue weighted by Crippen LogP contribution is 2.35. The van der Waals surface area contributed by atoms with Gasteiger partial charge >= 0.3 is 0 Å². The number of fused-ring (bicyclic) bond motifs is 2. The SMILES string of the molecule is Cc1cc(Cl)cc2sc(N(Cc3ccccn3)C(=O)c3ccc(S(=O)(=O)N4CCCc5ccccc54)cc3)nc12. The number of aryl methyl sites for hydroxylation is 2. The number of carbonyl (C=O) groups excluding carboxylic acids is 1. The molecule has 5 aromatic rings. The van der Waals surface area contributed by atoms with E-state index in [2.05, 4.69) is 4.98 Å². The summed E-state index contributed by atoms with van der Waals surface area (Å²) in [6.07, 6.45) is 3.28. The summed E-state index contributed by atoms with van der Waals surface area (Å²) in [4.78, 5) is 24.8. The fourth-order valence-corrected chi connectivity index (χ4v) is 7.90. The first-order valence-electron chi connectivity index (χ1n) is 12.8. The largest absolute Gasteiger partial charge is 0.278 e. The van der Waals surface area contributed by atoms with E-state index >= 15 is 0 Å². The van der Waals surface area contributed by atoms with Gasteiger partial charge in [0.2, 0.25) is 0 Å². The maximum absolute atomic E-state index is 13.9. The Morgan fingerprint density at radius 2 is 1.82 bits per heavy atom. The summed E-state index contributed by atoms with van der Waals surface area (Å²) in [5.74, 6) is -0.305. The van der Waals surface area contributed by atoms with Crippen molar-refractivity contribution < 1.29 is 13.2 Å². The van der Waals surface area contributed by atoms with Crippen molar-refractivity contribution >= 4 is 59.9 Å². The number of halogens is 1. The van der Waals surface area contributed by atoms with Crippen molar-refractivity contribution in [3.63, 3.8) is 0 Å². The highest BCUT2D eigenvalue weighted by atomic mass is 35.5. The Labute approximate surface area is 241 Å². The van der Waals surface area contributed by atoms with Crippen LogP contribution < -0.4 is 9.21 Å². The molecule has 0 bridgehead atoms. The van der Waals surface area contributed by atoms with E-state index in [-0.39, 0.29) is 17.3 Å². The molecule has 1 amide bonds. The standard InChI is InChI=1S/C30H25ClN4O3S2/c1-20-17-23(31)18-27-28(20)33-30(39-27)34(19-24-9-4-5-15-32-24)29(36)22-11-13-25(14-12-22)40(37,38)35-16-6-8-21-7-2-3-10-26(21)35/h2-5,7,9-15,17-18H,6,8,16,19H2,1H3. The number of hydrogen-bond acceptors (Lipinski definition) is 6. The molecule has 3 heterocycles. The summed E-state index contributed by atoms with van der Waals surface area (Å²) in [6.45, 7) is 2.55. The molecule has 0 N–H and O–H groups in total. The van der Waals surface area contributed by atoms with Crippen molar-refractivity contribution in [2.24, 2.45) is 0 Å². The number of carbonyl (C=O) groups is 1. The van der Waals surface area contributed by atoms with Gasteiger partial charge < -0.3 is 0 Å². The number of nitrogens with zero attached hydrogens (tertiary/aromatic N) is 4. The normalized spacial score (nSPS) is 13.3. The van der Waals surface area contributed by atoms with Gasteiger partial charge in [0.25, 0.3) is 15.9 Å². The molecule has 0 aliphatic carbocycles. The average Bonchev–Trinajstić information content (AvgIpc) is 3.40. The molecule has 3 aromatic carbocycles. The van der Waals surface area contributed by atoms with Crippen molar-refractivity contribution in [3.05, 3.63) is 112 Å². The van der Waals surface area contributed by atoms with Crippen molar-refractivity contribution in [1.82, 2.24) is 9.97 Å². The van der Waals surface area contributed by atoms with Gasteiger partial charge in [-0.15, -0.1) is 0 Å². The van der Waals surface area contributed by atoms with Crippen LogP contribution >= 0.6 is 22.9 Å². The number of anilines is 2. The van der Waals surface area contributed by atoms with Crippen LogP contribution in [-0.4, -0.2) is 30.8 Å². The minimum atomic E-state index is -3.79. The number of sulfonamides is 1. The zero-order chi connectivity index (χ0) is 27.9. The molecule has 0 atom stereocenters. The predicted molar refractivity (Wildman–Crippen MR) is 160 cm³/mol. The van der Waals surface area contributed by atoms with Crippen LogP contribution in [0.15, 0.2) is 90.0 Å². The van der Waals surface area contributed by atoms with E-state index in [1.54, 1.807) is 23.2 Å². The number of amides is 1.